The zero-order valence-electron chi connectivity index (χ0n) is 18.2. The first-order valence-corrected chi connectivity index (χ1v) is 11.2. The van der Waals surface area contributed by atoms with Crippen molar-refractivity contribution < 1.29 is 23.5 Å². The number of hydrogen-bond donors (Lipinski definition) is 2. The highest BCUT2D eigenvalue weighted by molar-refractivity contribution is 6.34. The summed E-state index contributed by atoms with van der Waals surface area (Å²) in [5.41, 5.74) is 1.98. The molecule has 180 valence electrons. The molecular weight excluding hydrogens is 511 g/mol. The van der Waals surface area contributed by atoms with Crippen LogP contribution in [0, 0.1) is 18.2 Å². The lowest BCUT2D eigenvalue weighted by molar-refractivity contribution is -0.139. The minimum Gasteiger partial charge on any atom is -0.480 e. The van der Waals surface area contributed by atoms with Gasteiger partial charge in [-0.15, -0.1) is 0 Å². The Kier molecular flexibility index (Phi) is 7.15. The van der Waals surface area contributed by atoms with Gasteiger partial charge in [0.1, 0.15) is 6.04 Å². The molecule has 0 fully saturated rings. The van der Waals surface area contributed by atoms with Crippen molar-refractivity contribution in [2.75, 3.05) is 0 Å². The third kappa shape index (κ3) is 4.85. The smallest absolute Gasteiger partial charge is 0.326 e. The van der Waals surface area contributed by atoms with Crippen LogP contribution in [0.2, 0.25) is 10.0 Å². The third-order valence-electron chi connectivity index (χ3n) is 5.53. The number of nitrogens with zero attached hydrogens (tertiary/aromatic N) is 2. The molecule has 10 heteroatoms. The molecule has 0 aliphatic carbocycles. The Morgan fingerprint density at radius 1 is 1.06 bits per heavy atom. The van der Waals surface area contributed by atoms with Crippen LogP contribution in [-0.2, 0) is 11.2 Å². The van der Waals surface area contributed by atoms with Crippen molar-refractivity contribution in [1.82, 2.24) is 10.3 Å². The standard InChI is InChI=1S/C26H15Cl2F2N3O3/c1-31-14-5-7-16(19(28)12-14)17-6-4-13(15-3-2-10-32-24(15)17)11-21(26(35)36)33-25(34)22-18(27)8-9-20(29)23(22)30/h2-10,12,21H,11H2,(H,33,34)(H,35,36)/t21-/m0/s1. The molecule has 0 radical (unpaired) electrons. The molecular formula is C26H15Cl2F2N3O3. The third-order valence-corrected chi connectivity index (χ3v) is 6.16. The van der Waals surface area contributed by atoms with Gasteiger partial charge in [-0.3, -0.25) is 9.78 Å². The number of aliphatic carboxylic acids is 1. The summed E-state index contributed by atoms with van der Waals surface area (Å²) in [5, 5.41) is 12.6. The Labute approximate surface area is 213 Å². The summed E-state index contributed by atoms with van der Waals surface area (Å²) in [6.45, 7) is 7.14. The highest BCUT2D eigenvalue weighted by Crippen LogP contribution is 2.36. The number of aromatic nitrogens is 1. The number of carboxylic acids is 1. The predicted molar refractivity (Wildman–Crippen MR) is 132 cm³/mol. The molecule has 0 bridgehead atoms. The number of rotatable bonds is 6. The number of amides is 1. The Morgan fingerprint density at radius 3 is 2.50 bits per heavy atom. The lowest BCUT2D eigenvalue weighted by atomic mass is 9.95. The number of pyridine rings is 1. The number of carbonyl (C=O) groups excluding carboxylic acids is 1. The van der Waals surface area contributed by atoms with Gasteiger partial charge in [-0.25, -0.2) is 18.4 Å². The second-order valence-electron chi connectivity index (χ2n) is 7.73. The molecule has 0 spiro atoms. The van der Waals surface area contributed by atoms with Crippen LogP contribution in [0.1, 0.15) is 15.9 Å². The largest absolute Gasteiger partial charge is 0.480 e. The molecule has 0 aliphatic heterocycles. The first kappa shape index (κ1) is 25.0. The Bertz CT molecular complexity index is 1570. The highest BCUT2D eigenvalue weighted by Gasteiger charge is 2.26. The van der Waals surface area contributed by atoms with E-state index in [-0.39, 0.29) is 11.4 Å². The van der Waals surface area contributed by atoms with Crippen LogP contribution >= 0.6 is 23.2 Å². The van der Waals surface area contributed by atoms with E-state index in [1.165, 1.54) is 0 Å². The second-order valence-corrected chi connectivity index (χ2v) is 8.55. The van der Waals surface area contributed by atoms with Crippen LogP contribution in [0.15, 0.2) is 60.8 Å². The quantitative estimate of drug-likeness (QED) is 0.223. The van der Waals surface area contributed by atoms with Gasteiger partial charge in [0.25, 0.3) is 5.91 Å². The maximum absolute atomic E-state index is 14.2. The number of hydrogen-bond acceptors (Lipinski definition) is 3. The van der Waals surface area contributed by atoms with E-state index in [0.29, 0.717) is 38.3 Å². The van der Waals surface area contributed by atoms with Crippen molar-refractivity contribution in [2.45, 2.75) is 12.5 Å². The van der Waals surface area contributed by atoms with E-state index < -0.39 is 35.1 Å². The first-order valence-electron chi connectivity index (χ1n) is 10.4. The fraction of sp³-hybridized carbons (Fsp3) is 0.0769. The van der Waals surface area contributed by atoms with Gasteiger partial charge in [0, 0.05) is 28.6 Å². The summed E-state index contributed by atoms with van der Waals surface area (Å²) in [6, 6.07) is 12.0. The average Bonchev–Trinajstić information content (AvgIpc) is 2.86. The monoisotopic (exact) mass is 525 g/mol. The van der Waals surface area contributed by atoms with Crippen LogP contribution in [0.4, 0.5) is 14.5 Å². The maximum Gasteiger partial charge on any atom is 0.326 e. The van der Waals surface area contributed by atoms with Gasteiger partial charge < -0.3 is 10.4 Å². The summed E-state index contributed by atoms with van der Waals surface area (Å²) in [6.07, 6.45) is 1.39. The van der Waals surface area contributed by atoms with Crippen molar-refractivity contribution in [2.24, 2.45) is 0 Å². The number of carbonyl (C=O) groups is 2. The van der Waals surface area contributed by atoms with Crippen molar-refractivity contribution >= 4 is 51.7 Å². The molecule has 1 amide bonds. The molecule has 1 atom stereocenters. The summed E-state index contributed by atoms with van der Waals surface area (Å²) < 4.78 is 27.8. The van der Waals surface area contributed by atoms with Crippen molar-refractivity contribution in [1.29, 1.82) is 0 Å². The van der Waals surface area contributed by atoms with Gasteiger partial charge in [-0.05, 0) is 35.4 Å². The molecule has 0 unspecified atom stereocenters. The number of fused-ring (bicyclic) bond motifs is 1. The van der Waals surface area contributed by atoms with E-state index in [0.717, 1.165) is 12.1 Å². The second kappa shape index (κ2) is 10.3. The van der Waals surface area contributed by atoms with Gasteiger partial charge in [-0.1, -0.05) is 53.5 Å². The van der Waals surface area contributed by atoms with Crippen LogP contribution in [0.5, 0.6) is 0 Å². The summed E-state index contributed by atoms with van der Waals surface area (Å²) >= 11 is 12.3. The normalized spacial score (nSPS) is 11.6. The van der Waals surface area contributed by atoms with Crippen LogP contribution in [0.3, 0.4) is 0 Å². The summed E-state index contributed by atoms with van der Waals surface area (Å²) in [7, 11) is 0. The van der Waals surface area contributed by atoms with E-state index in [4.69, 9.17) is 29.8 Å². The Balaban J connectivity index is 1.71. The molecule has 0 aliphatic rings. The van der Waals surface area contributed by atoms with Crippen molar-refractivity contribution in [3.05, 3.63) is 105 Å². The molecule has 3 aromatic carbocycles. The predicted octanol–water partition coefficient (Wildman–Crippen LogP) is 6.46. The number of nitrogens with one attached hydrogen (secondary N) is 1. The molecule has 1 heterocycles. The lowest BCUT2D eigenvalue weighted by Gasteiger charge is -2.18. The topological polar surface area (TPSA) is 83.7 Å². The minimum atomic E-state index is -1.48. The Morgan fingerprint density at radius 2 is 1.81 bits per heavy atom. The number of carboxylic acid groups (broad SMARTS) is 1. The minimum absolute atomic E-state index is 0.178. The molecule has 6 nitrogen and oxygen atoms in total. The van der Waals surface area contributed by atoms with Crippen molar-refractivity contribution in [3.63, 3.8) is 0 Å². The van der Waals surface area contributed by atoms with Gasteiger partial charge in [0.05, 0.1) is 22.7 Å². The highest BCUT2D eigenvalue weighted by atomic mass is 35.5. The maximum atomic E-state index is 14.2. The van der Waals surface area contributed by atoms with Gasteiger partial charge >= 0.3 is 5.97 Å². The van der Waals surface area contributed by atoms with Gasteiger partial charge in [0.15, 0.2) is 17.3 Å². The summed E-state index contributed by atoms with van der Waals surface area (Å²) in [5.74, 6) is -5.29. The van der Waals surface area contributed by atoms with E-state index in [9.17, 15) is 23.5 Å². The fourth-order valence-electron chi connectivity index (χ4n) is 3.80. The van der Waals surface area contributed by atoms with E-state index in [2.05, 4.69) is 15.1 Å². The van der Waals surface area contributed by atoms with E-state index >= 15 is 0 Å². The van der Waals surface area contributed by atoms with Gasteiger partial charge in [-0.2, -0.15) is 0 Å². The SMILES string of the molecule is [C-]#[N+]c1ccc(-c2ccc(C[C@H](NC(=O)c3c(Cl)ccc(F)c3F)C(=O)O)c3cccnc23)c(Cl)c1. The molecule has 2 N–H and O–H groups in total. The molecule has 36 heavy (non-hydrogen) atoms. The molecule has 0 saturated heterocycles. The zero-order chi connectivity index (χ0) is 26.0. The zero-order valence-corrected chi connectivity index (χ0v) is 19.7. The van der Waals surface area contributed by atoms with E-state index in [1.54, 1.807) is 48.7 Å². The number of halogens is 4. The molecule has 1 aromatic heterocycles. The average molecular weight is 526 g/mol. The van der Waals surface area contributed by atoms with Crippen LogP contribution in [0.25, 0.3) is 26.9 Å². The van der Waals surface area contributed by atoms with Crippen LogP contribution in [-0.4, -0.2) is 28.0 Å². The van der Waals surface area contributed by atoms with E-state index in [1.807, 2.05) is 0 Å². The molecule has 4 aromatic rings. The van der Waals surface area contributed by atoms with Crippen molar-refractivity contribution in [3.8, 4) is 11.1 Å². The van der Waals surface area contributed by atoms with Crippen LogP contribution < -0.4 is 5.32 Å². The molecule has 0 saturated carbocycles. The Hall–Kier alpha value is -4.06. The summed E-state index contributed by atoms with van der Waals surface area (Å²) in [4.78, 5) is 32.4. The lowest BCUT2D eigenvalue weighted by Crippen LogP contribution is -2.42. The fourth-order valence-corrected chi connectivity index (χ4v) is 4.31. The first-order chi connectivity index (χ1) is 17.2. The van der Waals surface area contributed by atoms with Gasteiger partial charge in [0.2, 0.25) is 0 Å². The number of benzene rings is 3. The molecule has 4 rings (SSSR count).